The van der Waals surface area contributed by atoms with Crippen molar-refractivity contribution in [3.8, 4) is 0 Å². The minimum absolute atomic E-state index is 0.221. The largest absolute Gasteiger partial charge is 0.488 e. The second-order valence-electron chi connectivity index (χ2n) is 9.72. The van der Waals surface area contributed by atoms with Crippen molar-refractivity contribution in [1.29, 1.82) is 0 Å². The molecule has 2 aliphatic heterocycles. The van der Waals surface area contributed by atoms with Gasteiger partial charge in [-0.1, -0.05) is 107 Å². The van der Waals surface area contributed by atoms with Crippen molar-refractivity contribution in [2.75, 3.05) is 12.5 Å². The lowest BCUT2D eigenvalue weighted by Gasteiger charge is -2.35. The molecule has 0 saturated heterocycles. The number of carbonyl (C=O) groups is 1. The summed E-state index contributed by atoms with van der Waals surface area (Å²) in [5.74, 6) is 1.49. The maximum absolute atomic E-state index is 14.1. The van der Waals surface area contributed by atoms with Gasteiger partial charge in [0.25, 0.3) is 0 Å². The Bertz CT molecular complexity index is 1580. The van der Waals surface area contributed by atoms with Crippen molar-refractivity contribution in [2.24, 2.45) is 0 Å². The molecule has 0 radical (unpaired) electrons. The Hall–Kier alpha value is -3.87. The zero-order valence-corrected chi connectivity index (χ0v) is 23.5. The Kier molecular flexibility index (Phi) is 6.75. The van der Waals surface area contributed by atoms with Crippen LogP contribution in [0.2, 0.25) is 0 Å². The van der Waals surface area contributed by atoms with Crippen molar-refractivity contribution < 1.29 is 18.5 Å². The van der Waals surface area contributed by atoms with E-state index in [1.807, 2.05) is 133 Å². The second kappa shape index (κ2) is 10.4. The van der Waals surface area contributed by atoms with Crippen LogP contribution in [-0.4, -0.2) is 17.8 Å². The standard InChI is InChI=1S/C33H30O4S2/c1-38(23-29(27-17-9-11-19-31(27)38)35-21-25-13-5-3-6-14-25)33(34)37-39(2)24-30(28-18-10-12-20-32(28)39)36-22-26-15-7-4-8-16-26/h3-20,23-24H,21-22H2,1-2H3. The van der Waals surface area contributed by atoms with Gasteiger partial charge >= 0.3 is 5.30 Å². The smallest absolute Gasteiger partial charge is 0.368 e. The molecule has 0 spiro atoms. The summed E-state index contributed by atoms with van der Waals surface area (Å²) in [4.78, 5) is 16.0. The van der Waals surface area contributed by atoms with Gasteiger partial charge < -0.3 is 13.7 Å². The molecule has 2 unspecified atom stereocenters. The lowest BCUT2D eigenvalue weighted by Crippen LogP contribution is -2.13. The zero-order valence-electron chi connectivity index (χ0n) is 21.9. The topological polar surface area (TPSA) is 44.8 Å². The fraction of sp³-hybridized carbons (Fsp3) is 0.121. The first kappa shape index (κ1) is 25.4. The van der Waals surface area contributed by atoms with E-state index in [2.05, 4.69) is 0 Å². The third-order valence-corrected chi connectivity index (χ3v) is 12.2. The van der Waals surface area contributed by atoms with Crippen molar-refractivity contribution in [2.45, 2.75) is 23.0 Å². The van der Waals surface area contributed by atoms with E-state index in [4.69, 9.17) is 13.7 Å². The van der Waals surface area contributed by atoms with Crippen LogP contribution in [0.3, 0.4) is 0 Å². The van der Waals surface area contributed by atoms with Crippen LogP contribution >= 0.6 is 20.3 Å². The van der Waals surface area contributed by atoms with Crippen LogP contribution in [0, 0.1) is 0 Å². The molecule has 0 saturated carbocycles. The van der Waals surface area contributed by atoms with E-state index in [0.29, 0.717) is 13.2 Å². The van der Waals surface area contributed by atoms with Gasteiger partial charge in [0.05, 0.1) is 0 Å². The number of hydrogen-bond donors (Lipinski definition) is 0. The van der Waals surface area contributed by atoms with E-state index in [9.17, 15) is 4.79 Å². The first-order valence-corrected chi connectivity index (χ1v) is 16.9. The van der Waals surface area contributed by atoms with Gasteiger partial charge in [0.1, 0.15) is 24.7 Å². The maximum Gasteiger partial charge on any atom is 0.368 e. The summed E-state index contributed by atoms with van der Waals surface area (Å²) in [7, 11) is -4.15. The van der Waals surface area contributed by atoms with Crippen LogP contribution in [0.25, 0.3) is 11.5 Å². The summed E-state index contributed by atoms with van der Waals surface area (Å²) < 4.78 is 19.0. The molecule has 2 heterocycles. The van der Waals surface area contributed by atoms with E-state index in [0.717, 1.165) is 43.6 Å². The highest BCUT2D eigenvalue weighted by Gasteiger charge is 2.43. The Morgan fingerprint density at radius 3 is 1.64 bits per heavy atom. The molecule has 4 aromatic rings. The molecular weight excluding hydrogens is 524 g/mol. The summed E-state index contributed by atoms with van der Waals surface area (Å²) in [6.45, 7) is 0.887. The predicted octanol–water partition coefficient (Wildman–Crippen LogP) is 9.08. The normalized spacial score (nSPS) is 24.2. The van der Waals surface area contributed by atoms with E-state index in [-0.39, 0.29) is 5.30 Å². The SMILES string of the molecule is CS1(OC(=O)S2(C)C=C(OCc3ccccc3)c3ccccc32)C=C(OCc2ccccc2)c2ccccc21. The first-order valence-electron chi connectivity index (χ1n) is 12.7. The van der Waals surface area contributed by atoms with Gasteiger partial charge in [-0.05, 0) is 39.8 Å². The third kappa shape index (κ3) is 4.86. The number of fused-ring (bicyclic) bond motifs is 2. The van der Waals surface area contributed by atoms with E-state index >= 15 is 0 Å². The summed E-state index contributed by atoms with van der Waals surface area (Å²) in [5.41, 5.74) is 4.10. The number of rotatable bonds is 7. The molecule has 0 aromatic heterocycles. The summed E-state index contributed by atoms with van der Waals surface area (Å²) in [6.07, 6.45) is 4.01. The molecular formula is C33H30O4S2. The first-order chi connectivity index (χ1) is 19.0. The Morgan fingerprint density at radius 1 is 0.590 bits per heavy atom. The number of hydrogen-bond acceptors (Lipinski definition) is 4. The van der Waals surface area contributed by atoms with Crippen molar-refractivity contribution in [3.05, 3.63) is 142 Å². The monoisotopic (exact) mass is 554 g/mol. The molecule has 4 aromatic carbocycles. The van der Waals surface area contributed by atoms with Crippen molar-refractivity contribution in [1.82, 2.24) is 0 Å². The molecule has 2 atom stereocenters. The van der Waals surface area contributed by atoms with Gasteiger partial charge in [-0.15, -0.1) is 0 Å². The van der Waals surface area contributed by atoms with E-state index in [1.165, 1.54) is 0 Å². The minimum Gasteiger partial charge on any atom is -0.488 e. The fourth-order valence-corrected chi connectivity index (χ4v) is 9.96. The highest BCUT2D eigenvalue weighted by molar-refractivity contribution is 8.47. The molecule has 0 aliphatic carbocycles. The average Bonchev–Trinajstić information content (AvgIpc) is 3.43. The van der Waals surface area contributed by atoms with Crippen LogP contribution in [0.15, 0.2) is 130 Å². The molecule has 6 heteroatoms. The minimum atomic E-state index is -2.09. The molecule has 0 N–H and O–H groups in total. The predicted molar refractivity (Wildman–Crippen MR) is 161 cm³/mol. The molecule has 4 nitrogen and oxygen atoms in total. The van der Waals surface area contributed by atoms with Gasteiger partial charge in [0, 0.05) is 38.0 Å². The molecule has 6 rings (SSSR count). The van der Waals surface area contributed by atoms with Crippen LogP contribution in [-0.2, 0) is 26.9 Å². The van der Waals surface area contributed by atoms with Crippen molar-refractivity contribution >= 4 is 37.2 Å². The molecule has 198 valence electrons. The van der Waals surface area contributed by atoms with E-state index in [1.54, 1.807) is 0 Å². The van der Waals surface area contributed by atoms with Crippen molar-refractivity contribution in [3.63, 3.8) is 0 Å². The highest BCUT2D eigenvalue weighted by atomic mass is 32.3. The van der Waals surface area contributed by atoms with Crippen LogP contribution in [0.4, 0.5) is 4.79 Å². The molecule has 2 aliphatic rings. The number of carbonyl (C=O) groups excluding carboxylic acids is 1. The van der Waals surface area contributed by atoms with Gasteiger partial charge in [-0.3, -0.25) is 0 Å². The third-order valence-electron chi connectivity index (χ3n) is 6.93. The molecule has 0 amide bonds. The summed E-state index contributed by atoms with van der Waals surface area (Å²) >= 11 is 0. The van der Waals surface area contributed by atoms with Crippen LogP contribution < -0.4 is 0 Å². The number of ether oxygens (including phenoxy) is 2. The highest BCUT2D eigenvalue weighted by Crippen LogP contribution is 2.69. The second-order valence-corrected chi connectivity index (χ2v) is 15.3. The average molecular weight is 555 g/mol. The van der Waals surface area contributed by atoms with Gasteiger partial charge in [-0.25, -0.2) is 4.79 Å². The molecule has 39 heavy (non-hydrogen) atoms. The Morgan fingerprint density at radius 2 is 1.05 bits per heavy atom. The summed E-state index contributed by atoms with van der Waals surface area (Å²) in [5, 5.41) is 3.78. The van der Waals surface area contributed by atoms with E-state index < -0.39 is 20.3 Å². The lowest BCUT2D eigenvalue weighted by atomic mass is 10.2. The molecule has 0 fully saturated rings. The van der Waals surface area contributed by atoms with Crippen LogP contribution in [0.5, 0.6) is 0 Å². The maximum atomic E-state index is 14.1. The van der Waals surface area contributed by atoms with Gasteiger partial charge in [0.2, 0.25) is 0 Å². The quantitative estimate of drug-likeness (QED) is 0.229. The Labute approximate surface area is 232 Å². The fourth-order valence-electron chi connectivity index (χ4n) is 4.85. The Balaban J connectivity index is 1.27. The zero-order chi connectivity index (χ0) is 26.9. The summed E-state index contributed by atoms with van der Waals surface area (Å²) in [6, 6.07) is 36.2. The van der Waals surface area contributed by atoms with Crippen LogP contribution in [0.1, 0.15) is 22.3 Å². The molecule has 0 bridgehead atoms. The van der Waals surface area contributed by atoms with Gasteiger partial charge in [-0.2, -0.15) is 0 Å². The number of benzene rings is 4. The van der Waals surface area contributed by atoms with Gasteiger partial charge in [0.15, 0.2) is 0 Å². The lowest BCUT2D eigenvalue weighted by molar-refractivity contribution is 0.232.